The van der Waals surface area contributed by atoms with Gasteiger partial charge < -0.3 is 14.7 Å². The number of carbonyl (C=O) groups is 2. The lowest BCUT2D eigenvalue weighted by Gasteiger charge is -2.24. The van der Waals surface area contributed by atoms with E-state index in [2.05, 4.69) is 15.9 Å². The molecule has 1 aromatic rings. The van der Waals surface area contributed by atoms with Gasteiger partial charge in [-0.2, -0.15) is 0 Å². The Balaban J connectivity index is 2.35. The zero-order valence-corrected chi connectivity index (χ0v) is 14.5. The normalized spacial score (nSPS) is 12.0. The van der Waals surface area contributed by atoms with Gasteiger partial charge >= 0.3 is 5.97 Å². The molecule has 1 amide bonds. The fraction of sp³-hybridized carbons (Fsp3) is 0.467. The van der Waals surface area contributed by atoms with E-state index < -0.39 is 12.0 Å². The van der Waals surface area contributed by atoms with Gasteiger partial charge in [0.1, 0.15) is 18.4 Å². The van der Waals surface area contributed by atoms with Crippen LogP contribution in [-0.4, -0.2) is 66.6 Å². The maximum atomic E-state index is 12.0. The molecule has 0 saturated carbocycles. The number of nitrogens with zero attached hydrogens (tertiary/aromatic N) is 2. The molecule has 0 aliphatic carbocycles. The summed E-state index contributed by atoms with van der Waals surface area (Å²) >= 11 is 3.35. The first-order valence-corrected chi connectivity index (χ1v) is 7.66. The summed E-state index contributed by atoms with van der Waals surface area (Å²) in [6.07, 6.45) is 0. The lowest BCUT2D eigenvalue weighted by molar-refractivity contribution is -0.143. The van der Waals surface area contributed by atoms with Crippen molar-refractivity contribution < 1.29 is 19.4 Å². The van der Waals surface area contributed by atoms with Gasteiger partial charge in [-0.15, -0.1) is 0 Å². The third-order valence-electron chi connectivity index (χ3n) is 3.34. The standard InChI is InChI=1S/C15H21BrN2O4/c1-11(15(20)21)18(3)10-14(19)17(2)8-9-22-13-6-4-12(16)5-7-13/h4-7,11H,8-10H2,1-3H3,(H,20,21). The fourth-order valence-electron chi connectivity index (χ4n) is 1.62. The highest BCUT2D eigenvalue weighted by Crippen LogP contribution is 2.15. The van der Waals surface area contributed by atoms with Gasteiger partial charge in [0.2, 0.25) is 5.91 Å². The highest BCUT2D eigenvalue weighted by molar-refractivity contribution is 9.10. The summed E-state index contributed by atoms with van der Waals surface area (Å²) in [5, 5.41) is 8.90. The Morgan fingerprint density at radius 3 is 2.41 bits per heavy atom. The van der Waals surface area contributed by atoms with Gasteiger partial charge in [0.25, 0.3) is 0 Å². The van der Waals surface area contributed by atoms with Gasteiger partial charge in [0.15, 0.2) is 0 Å². The number of carboxylic acid groups (broad SMARTS) is 1. The molecule has 0 heterocycles. The second-order valence-electron chi connectivity index (χ2n) is 5.05. The second-order valence-corrected chi connectivity index (χ2v) is 5.96. The van der Waals surface area contributed by atoms with Crippen molar-refractivity contribution in [3.8, 4) is 5.75 Å². The van der Waals surface area contributed by atoms with E-state index in [1.807, 2.05) is 24.3 Å². The third-order valence-corrected chi connectivity index (χ3v) is 3.87. The number of amides is 1. The predicted octanol–water partition coefficient (Wildman–Crippen LogP) is 1.69. The molecule has 1 unspecified atom stereocenters. The molecule has 1 rings (SSSR count). The molecule has 7 heteroatoms. The number of ether oxygens (including phenoxy) is 1. The van der Waals surface area contributed by atoms with Crippen LogP contribution in [0, 0.1) is 0 Å². The lowest BCUT2D eigenvalue weighted by atomic mass is 10.3. The highest BCUT2D eigenvalue weighted by Gasteiger charge is 2.20. The summed E-state index contributed by atoms with van der Waals surface area (Å²) in [6, 6.07) is 6.75. The Morgan fingerprint density at radius 1 is 1.27 bits per heavy atom. The summed E-state index contributed by atoms with van der Waals surface area (Å²) in [6.45, 7) is 2.42. The summed E-state index contributed by atoms with van der Waals surface area (Å²) in [4.78, 5) is 25.9. The zero-order chi connectivity index (χ0) is 16.7. The largest absolute Gasteiger partial charge is 0.492 e. The number of likely N-dealkylation sites (N-methyl/N-ethyl adjacent to an activating group) is 2. The van der Waals surface area contributed by atoms with Crippen LogP contribution < -0.4 is 4.74 Å². The fourth-order valence-corrected chi connectivity index (χ4v) is 1.88. The summed E-state index contributed by atoms with van der Waals surface area (Å²) in [5.41, 5.74) is 0. The van der Waals surface area contributed by atoms with Crippen LogP contribution in [0.3, 0.4) is 0 Å². The van der Waals surface area contributed by atoms with Crippen molar-refractivity contribution in [1.29, 1.82) is 0 Å². The molecule has 0 spiro atoms. The van der Waals surface area contributed by atoms with Crippen LogP contribution in [0.2, 0.25) is 0 Å². The Kier molecular flexibility index (Phi) is 7.34. The number of carboxylic acids is 1. The van der Waals surface area contributed by atoms with Gasteiger partial charge in [0, 0.05) is 11.5 Å². The molecule has 1 atom stereocenters. The van der Waals surface area contributed by atoms with Crippen molar-refractivity contribution in [2.75, 3.05) is 33.8 Å². The number of hydrogen-bond donors (Lipinski definition) is 1. The van der Waals surface area contributed by atoms with Gasteiger partial charge in [-0.25, -0.2) is 0 Å². The van der Waals surface area contributed by atoms with Gasteiger partial charge in [-0.3, -0.25) is 14.5 Å². The van der Waals surface area contributed by atoms with Crippen molar-refractivity contribution in [1.82, 2.24) is 9.80 Å². The predicted molar refractivity (Wildman–Crippen MR) is 87.0 cm³/mol. The van der Waals surface area contributed by atoms with Crippen molar-refractivity contribution in [2.45, 2.75) is 13.0 Å². The number of carbonyl (C=O) groups excluding carboxylic acids is 1. The van der Waals surface area contributed by atoms with Crippen LogP contribution >= 0.6 is 15.9 Å². The summed E-state index contributed by atoms with van der Waals surface area (Å²) in [7, 11) is 3.29. The van der Waals surface area contributed by atoms with E-state index in [-0.39, 0.29) is 12.5 Å². The third kappa shape index (κ3) is 6.03. The van der Waals surface area contributed by atoms with Crippen LogP contribution in [0.4, 0.5) is 0 Å². The van der Waals surface area contributed by atoms with Crippen molar-refractivity contribution in [3.63, 3.8) is 0 Å². The van der Waals surface area contributed by atoms with Crippen molar-refractivity contribution in [3.05, 3.63) is 28.7 Å². The quantitative estimate of drug-likeness (QED) is 0.751. The van der Waals surface area contributed by atoms with E-state index in [1.165, 1.54) is 9.80 Å². The number of hydrogen-bond acceptors (Lipinski definition) is 4. The van der Waals surface area contributed by atoms with E-state index in [0.717, 1.165) is 10.2 Å². The number of aliphatic carboxylic acids is 1. The first-order valence-electron chi connectivity index (χ1n) is 6.86. The van der Waals surface area contributed by atoms with Gasteiger partial charge in [-0.05, 0) is 38.2 Å². The van der Waals surface area contributed by atoms with Crippen LogP contribution in [0.1, 0.15) is 6.92 Å². The maximum Gasteiger partial charge on any atom is 0.320 e. The van der Waals surface area contributed by atoms with Crippen molar-refractivity contribution in [2.24, 2.45) is 0 Å². The van der Waals surface area contributed by atoms with E-state index in [1.54, 1.807) is 21.0 Å². The molecule has 0 radical (unpaired) electrons. The molecule has 22 heavy (non-hydrogen) atoms. The molecule has 0 saturated heterocycles. The van der Waals surface area contributed by atoms with Crippen LogP contribution in [0.5, 0.6) is 5.75 Å². The first kappa shape index (κ1) is 18.4. The summed E-state index contributed by atoms with van der Waals surface area (Å²) < 4.78 is 6.52. The van der Waals surface area contributed by atoms with E-state index >= 15 is 0 Å². The minimum Gasteiger partial charge on any atom is -0.492 e. The van der Waals surface area contributed by atoms with E-state index in [0.29, 0.717) is 13.2 Å². The van der Waals surface area contributed by atoms with Gasteiger partial charge in [-0.1, -0.05) is 15.9 Å². The SMILES string of the molecule is CC(C(=O)O)N(C)CC(=O)N(C)CCOc1ccc(Br)cc1. The number of rotatable bonds is 8. The lowest BCUT2D eigenvalue weighted by Crippen LogP contribution is -2.44. The molecule has 0 aromatic heterocycles. The molecule has 0 aliphatic heterocycles. The van der Waals surface area contributed by atoms with Gasteiger partial charge in [0.05, 0.1) is 13.1 Å². The Hall–Kier alpha value is -1.60. The zero-order valence-electron chi connectivity index (χ0n) is 13.0. The first-order chi connectivity index (χ1) is 10.3. The van der Waals surface area contributed by atoms with E-state index in [4.69, 9.17) is 9.84 Å². The monoisotopic (exact) mass is 372 g/mol. The molecular formula is C15H21BrN2O4. The number of halogens is 1. The molecule has 1 aromatic carbocycles. The smallest absolute Gasteiger partial charge is 0.320 e. The van der Waals surface area contributed by atoms with Crippen LogP contribution in [0.25, 0.3) is 0 Å². The second kappa shape index (κ2) is 8.75. The molecule has 0 fully saturated rings. The molecule has 1 N–H and O–H groups in total. The molecule has 122 valence electrons. The molecular weight excluding hydrogens is 352 g/mol. The Morgan fingerprint density at radius 2 is 1.86 bits per heavy atom. The minimum absolute atomic E-state index is 0.0578. The molecule has 6 nitrogen and oxygen atoms in total. The maximum absolute atomic E-state index is 12.0. The molecule has 0 bridgehead atoms. The minimum atomic E-state index is -0.948. The van der Waals surface area contributed by atoms with Crippen molar-refractivity contribution >= 4 is 27.8 Å². The summed E-state index contributed by atoms with van der Waals surface area (Å²) in [5.74, 6) is -0.354. The Bertz CT molecular complexity index is 507. The number of benzene rings is 1. The molecule has 0 aliphatic rings. The average Bonchev–Trinajstić information content (AvgIpc) is 2.48. The van der Waals surface area contributed by atoms with Crippen LogP contribution in [-0.2, 0) is 9.59 Å². The Labute approximate surface area is 138 Å². The topological polar surface area (TPSA) is 70.1 Å². The van der Waals surface area contributed by atoms with Crippen LogP contribution in [0.15, 0.2) is 28.7 Å². The highest BCUT2D eigenvalue weighted by atomic mass is 79.9. The van der Waals surface area contributed by atoms with E-state index in [9.17, 15) is 9.59 Å². The average molecular weight is 373 g/mol.